The second kappa shape index (κ2) is 7.04. The molecule has 0 spiro atoms. The molecule has 0 bridgehead atoms. The van der Waals surface area contributed by atoms with Crippen LogP contribution in [0, 0.1) is 0 Å². The Morgan fingerprint density at radius 1 is 1.20 bits per heavy atom. The number of amides is 2. The molecule has 114 valence electrons. The molecule has 1 unspecified atom stereocenters. The number of hydrogen-bond donors (Lipinski definition) is 1. The summed E-state index contributed by atoms with van der Waals surface area (Å²) in [6.45, 7) is 4.57. The number of nitrogens with zero attached hydrogens (tertiary/aromatic N) is 3. The summed E-state index contributed by atoms with van der Waals surface area (Å²) in [6, 6.07) is 0.371. The van der Waals surface area contributed by atoms with Crippen LogP contribution in [0.1, 0.15) is 19.3 Å². The summed E-state index contributed by atoms with van der Waals surface area (Å²) < 4.78 is 0. The molecule has 0 aromatic rings. The topological polar surface area (TPSA) is 55.9 Å². The molecule has 0 aliphatic carbocycles. The number of piperazine rings is 1. The summed E-state index contributed by atoms with van der Waals surface area (Å²) in [7, 11) is 3.55. The van der Waals surface area contributed by atoms with E-state index in [4.69, 9.17) is 0 Å². The Balaban J connectivity index is 1.70. The van der Waals surface area contributed by atoms with Crippen molar-refractivity contribution in [1.29, 1.82) is 0 Å². The maximum Gasteiger partial charge on any atom is 0.236 e. The van der Waals surface area contributed by atoms with Gasteiger partial charge in [-0.1, -0.05) is 0 Å². The third kappa shape index (κ3) is 4.18. The van der Waals surface area contributed by atoms with Crippen LogP contribution in [0.25, 0.3) is 0 Å². The van der Waals surface area contributed by atoms with Gasteiger partial charge in [0.05, 0.1) is 6.54 Å². The monoisotopic (exact) mass is 282 g/mol. The molecule has 2 aliphatic rings. The van der Waals surface area contributed by atoms with E-state index in [1.54, 1.807) is 19.0 Å². The van der Waals surface area contributed by atoms with Crippen LogP contribution in [-0.4, -0.2) is 85.9 Å². The van der Waals surface area contributed by atoms with Crippen LogP contribution in [0.5, 0.6) is 0 Å². The first-order valence-corrected chi connectivity index (χ1v) is 7.50. The molecule has 1 atom stereocenters. The Bertz CT molecular complexity index is 345. The lowest BCUT2D eigenvalue weighted by atomic mass is 10.1. The van der Waals surface area contributed by atoms with E-state index in [0.29, 0.717) is 19.0 Å². The second-order valence-corrected chi connectivity index (χ2v) is 5.94. The Morgan fingerprint density at radius 3 is 2.45 bits per heavy atom. The van der Waals surface area contributed by atoms with E-state index in [1.165, 1.54) is 6.42 Å². The molecular formula is C14H26N4O2. The molecule has 6 heteroatoms. The number of rotatable bonds is 4. The van der Waals surface area contributed by atoms with Gasteiger partial charge in [0.15, 0.2) is 0 Å². The first-order chi connectivity index (χ1) is 9.56. The molecule has 2 amide bonds. The predicted molar refractivity (Wildman–Crippen MR) is 77.4 cm³/mol. The van der Waals surface area contributed by atoms with E-state index in [2.05, 4.69) is 10.2 Å². The fourth-order valence-corrected chi connectivity index (χ4v) is 2.76. The molecule has 2 saturated heterocycles. The smallest absolute Gasteiger partial charge is 0.236 e. The molecule has 2 fully saturated rings. The molecule has 0 aromatic heterocycles. The number of likely N-dealkylation sites (N-methyl/N-ethyl adjacent to an activating group) is 1. The molecule has 1 N–H and O–H groups in total. The van der Waals surface area contributed by atoms with Crippen LogP contribution < -0.4 is 5.32 Å². The van der Waals surface area contributed by atoms with Crippen molar-refractivity contribution >= 4 is 11.8 Å². The number of carbonyl (C=O) groups is 2. The van der Waals surface area contributed by atoms with Gasteiger partial charge in [-0.25, -0.2) is 0 Å². The molecule has 0 aromatic carbocycles. The highest BCUT2D eigenvalue weighted by atomic mass is 16.2. The Labute approximate surface area is 121 Å². The average Bonchev–Trinajstić information content (AvgIpc) is 2.92. The summed E-state index contributed by atoms with van der Waals surface area (Å²) in [5.41, 5.74) is 0. The number of nitrogens with one attached hydrogen (secondary N) is 1. The number of hydrogen-bond acceptors (Lipinski definition) is 4. The van der Waals surface area contributed by atoms with Gasteiger partial charge in [0.1, 0.15) is 0 Å². The van der Waals surface area contributed by atoms with E-state index in [1.807, 2.05) is 4.90 Å². The maximum atomic E-state index is 12.2. The van der Waals surface area contributed by atoms with Crippen molar-refractivity contribution in [3.63, 3.8) is 0 Å². The zero-order chi connectivity index (χ0) is 14.5. The van der Waals surface area contributed by atoms with Gasteiger partial charge in [-0.05, 0) is 19.4 Å². The van der Waals surface area contributed by atoms with Crippen LogP contribution in [0.15, 0.2) is 0 Å². The van der Waals surface area contributed by atoms with Crippen molar-refractivity contribution in [2.45, 2.75) is 25.3 Å². The van der Waals surface area contributed by atoms with Crippen molar-refractivity contribution in [3.8, 4) is 0 Å². The lowest BCUT2D eigenvalue weighted by molar-refractivity contribution is -0.134. The summed E-state index contributed by atoms with van der Waals surface area (Å²) in [4.78, 5) is 29.5. The van der Waals surface area contributed by atoms with Gasteiger partial charge in [0, 0.05) is 52.7 Å². The third-order valence-corrected chi connectivity index (χ3v) is 4.17. The summed E-state index contributed by atoms with van der Waals surface area (Å²) >= 11 is 0. The van der Waals surface area contributed by atoms with Crippen molar-refractivity contribution in [2.24, 2.45) is 0 Å². The Hall–Kier alpha value is -1.14. The van der Waals surface area contributed by atoms with Crippen molar-refractivity contribution in [3.05, 3.63) is 0 Å². The average molecular weight is 282 g/mol. The van der Waals surface area contributed by atoms with E-state index in [9.17, 15) is 9.59 Å². The summed E-state index contributed by atoms with van der Waals surface area (Å²) in [5.74, 6) is 0.378. The first kappa shape index (κ1) is 15.3. The lowest BCUT2D eigenvalue weighted by Crippen LogP contribution is -2.51. The Kier molecular flexibility index (Phi) is 5.37. The number of carbonyl (C=O) groups excluding carboxylic acids is 2. The lowest BCUT2D eigenvalue weighted by Gasteiger charge is -2.35. The van der Waals surface area contributed by atoms with Gasteiger partial charge >= 0.3 is 0 Å². The SMILES string of the molecule is CN(C)C(=O)CN1CCN(C(=O)CC2CCCN2)CC1. The molecule has 2 rings (SSSR count). The van der Waals surface area contributed by atoms with E-state index in [0.717, 1.165) is 39.1 Å². The van der Waals surface area contributed by atoms with Crippen molar-refractivity contribution < 1.29 is 9.59 Å². The minimum atomic E-state index is 0.125. The van der Waals surface area contributed by atoms with E-state index >= 15 is 0 Å². The van der Waals surface area contributed by atoms with Gasteiger partial charge in [-0.2, -0.15) is 0 Å². The van der Waals surface area contributed by atoms with Gasteiger partial charge in [-0.15, -0.1) is 0 Å². The summed E-state index contributed by atoms with van der Waals surface area (Å²) in [6.07, 6.45) is 2.91. The molecule has 0 saturated carbocycles. The fraction of sp³-hybridized carbons (Fsp3) is 0.857. The third-order valence-electron chi connectivity index (χ3n) is 4.17. The normalized spacial score (nSPS) is 23.9. The fourth-order valence-electron chi connectivity index (χ4n) is 2.76. The summed E-state index contributed by atoms with van der Waals surface area (Å²) in [5, 5.41) is 3.37. The van der Waals surface area contributed by atoms with Gasteiger partial charge < -0.3 is 15.1 Å². The van der Waals surface area contributed by atoms with Crippen molar-refractivity contribution in [1.82, 2.24) is 20.0 Å². The van der Waals surface area contributed by atoms with Gasteiger partial charge in [0.25, 0.3) is 0 Å². The minimum Gasteiger partial charge on any atom is -0.348 e. The quantitative estimate of drug-likeness (QED) is 0.745. The molecule has 0 radical (unpaired) electrons. The van der Waals surface area contributed by atoms with Crippen LogP contribution in [0.2, 0.25) is 0 Å². The molecular weight excluding hydrogens is 256 g/mol. The van der Waals surface area contributed by atoms with Crippen molar-refractivity contribution in [2.75, 3.05) is 53.4 Å². The second-order valence-electron chi connectivity index (χ2n) is 5.94. The van der Waals surface area contributed by atoms with Gasteiger partial charge in [-0.3, -0.25) is 14.5 Å². The standard InChI is InChI=1S/C14H26N4O2/c1-16(2)14(20)11-17-6-8-18(9-7-17)13(19)10-12-4-3-5-15-12/h12,15H,3-11H2,1-2H3. The van der Waals surface area contributed by atoms with Gasteiger partial charge in [0.2, 0.25) is 11.8 Å². The zero-order valence-corrected chi connectivity index (χ0v) is 12.6. The first-order valence-electron chi connectivity index (χ1n) is 7.50. The molecule has 2 aliphatic heterocycles. The minimum absolute atomic E-state index is 0.125. The molecule has 20 heavy (non-hydrogen) atoms. The van der Waals surface area contributed by atoms with E-state index < -0.39 is 0 Å². The van der Waals surface area contributed by atoms with Crippen LogP contribution in [-0.2, 0) is 9.59 Å². The van der Waals surface area contributed by atoms with Crippen LogP contribution in [0.4, 0.5) is 0 Å². The highest BCUT2D eigenvalue weighted by Crippen LogP contribution is 2.12. The zero-order valence-electron chi connectivity index (χ0n) is 12.6. The highest BCUT2D eigenvalue weighted by molar-refractivity contribution is 5.78. The van der Waals surface area contributed by atoms with Crippen LogP contribution in [0.3, 0.4) is 0 Å². The molecule has 6 nitrogen and oxygen atoms in total. The Morgan fingerprint density at radius 2 is 1.90 bits per heavy atom. The maximum absolute atomic E-state index is 12.2. The van der Waals surface area contributed by atoms with Crippen LogP contribution >= 0.6 is 0 Å². The predicted octanol–water partition coefficient (Wildman–Crippen LogP) is -0.639. The van der Waals surface area contributed by atoms with E-state index in [-0.39, 0.29) is 11.8 Å². The molecule has 2 heterocycles. The highest BCUT2D eigenvalue weighted by Gasteiger charge is 2.25. The largest absolute Gasteiger partial charge is 0.348 e.